The average molecular weight is 245 g/mol. The molecule has 6 nitrogen and oxygen atoms in total. The van der Waals surface area contributed by atoms with Crippen molar-refractivity contribution < 1.29 is 23.8 Å². The molecule has 0 bridgehead atoms. The fourth-order valence-corrected chi connectivity index (χ4v) is 1.31. The molecule has 0 aliphatic carbocycles. The largest absolute Gasteiger partial charge is 0.464 e. The first-order chi connectivity index (χ1) is 7.73. The zero-order valence-corrected chi connectivity index (χ0v) is 10.6. The zero-order chi connectivity index (χ0) is 13.3. The summed E-state index contributed by atoms with van der Waals surface area (Å²) in [6, 6.07) is -1.15. The predicted octanol–water partition coefficient (Wildman–Crippen LogP) is -0.0125. The van der Waals surface area contributed by atoms with E-state index in [1.165, 1.54) is 0 Å². The van der Waals surface area contributed by atoms with Gasteiger partial charge in [-0.2, -0.15) is 0 Å². The Labute approximate surface area is 100 Å². The number of nitrogens with two attached hydrogens (primary N) is 1. The van der Waals surface area contributed by atoms with Gasteiger partial charge in [-0.05, 0) is 27.7 Å². The molecule has 0 aromatic heterocycles. The van der Waals surface area contributed by atoms with Crippen molar-refractivity contribution in [1.29, 1.82) is 0 Å². The number of ether oxygens (including phenoxy) is 3. The first kappa shape index (κ1) is 13.9. The molecule has 17 heavy (non-hydrogen) atoms. The molecule has 98 valence electrons. The Kier molecular flexibility index (Phi) is 3.78. The first-order valence-electron chi connectivity index (χ1n) is 5.52. The van der Waals surface area contributed by atoms with Crippen LogP contribution < -0.4 is 5.73 Å². The molecule has 1 saturated heterocycles. The Balaban J connectivity index is 2.66. The van der Waals surface area contributed by atoms with Crippen LogP contribution in [0.4, 0.5) is 0 Å². The highest BCUT2D eigenvalue weighted by atomic mass is 16.6. The van der Waals surface area contributed by atoms with Crippen LogP contribution in [0.5, 0.6) is 0 Å². The minimum absolute atomic E-state index is 0.0895. The van der Waals surface area contributed by atoms with Crippen molar-refractivity contribution in [3.63, 3.8) is 0 Å². The van der Waals surface area contributed by atoms with Crippen molar-refractivity contribution in [1.82, 2.24) is 0 Å². The van der Waals surface area contributed by atoms with Gasteiger partial charge in [-0.1, -0.05) is 0 Å². The van der Waals surface area contributed by atoms with Crippen molar-refractivity contribution in [3.05, 3.63) is 0 Å². The normalized spacial score (nSPS) is 25.0. The molecular weight excluding hydrogens is 226 g/mol. The van der Waals surface area contributed by atoms with Crippen LogP contribution in [0.1, 0.15) is 27.7 Å². The number of hydrogen-bond donors (Lipinski definition) is 1. The maximum Gasteiger partial charge on any atom is 0.343 e. The maximum absolute atomic E-state index is 11.7. The summed E-state index contributed by atoms with van der Waals surface area (Å²) in [6.07, 6.45) is 0. The first-order valence-corrected chi connectivity index (χ1v) is 5.52. The molecule has 6 heteroatoms. The van der Waals surface area contributed by atoms with Crippen LogP contribution in [-0.4, -0.2) is 42.4 Å². The van der Waals surface area contributed by atoms with Crippen LogP contribution in [0.25, 0.3) is 0 Å². The molecule has 0 aromatic carbocycles. The third-order valence-electron chi connectivity index (χ3n) is 2.24. The van der Waals surface area contributed by atoms with Crippen molar-refractivity contribution in [3.8, 4) is 0 Å². The topological polar surface area (TPSA) is 91.2 Å². The summed E-state index contributed by atoms with van der Waals surface area (Å²) >= 11 is 0. The van der Waals surface area contributed by atoms with Crippen LogP contribution in [0.3, 0.4) is 0 Å². The van der Waals surface area contributed by atoms with Gasteiger partial charge >= 0.3 is 11.9 Å². The van der Waals surface area contributed by atoms with Crippen LogP contribution >= 0.6 is 0 Å². The van der Waals surface area contributed by atoms with Crippen LogP contribution in [0.15, 0.2) is 0 Å². The van der Waals surface area contributed by atoms with E-state index in [9.17, 15) is 9.59 Å². The van der Waals surface area contributed by atoms with Gasteiger partial charge in [-0.15, -0.1) is 0 Å². The summed E-state index contributed by atoms with van der Waals surface area (Å²) in [7, 11) is 0. The van der Waals surface area contributed by atoms with Gasteiger partial charge < -0.3 is 19.9 Å². The third kappa shape index (κ3) is 3.17. The molecule has 0 unspecified atom stereocenters. The predicted molar refractivity (Wildman–Crippen MR) is 59.1 cm³/mol. The molecule has 2 atom stereocenters. The van der Waals surface area contributed by atoms with Gasteiger partial charge in [0.2, 0.25) is 5.60 Å². The standard InChI is InChI=1S/C11H19NO5/c1-5-15-9(14)11(6-16-11)7(12)8(13)17-10(2,3)4/h7H,5-6,12H2,1-4H3/t7-,11-/m1/s1. The number of carbonyl (C=O) groups excluding carboxylic acids is 2. The number of esters is 2. The molecule has 0 radical (unpaired) electrons. The number of carbonyl (C=O) groups is 2. The Bertz CT molecular complexity index is 316. The summed E-state index contributed by atoms with van der Waals surface area (Å²) in [5.41, 5.74) is 3.69. The molecule has 2 N–H and O–H groups in total. The van der Waals surface area contributed by atoms with E-state index in [2.05, 4.69) is 0 Å². The van der Waals surface area contributed by atoms with E-state index in [1.54, 1.807) is 27.7 Å². The Hall–Kier alpha value is -1.14. The second-order valence-electron chi connectivity index (χ2n) is 4.91. The van der Waals surface area contributed by atoms with E-state index >= 15 is 0 Å². The summed E-state index contributed by atoms with van der Waals surface area (Å²) in [4.78, 5) is 23.3. The second-order valence-corrected chi connectivity index (χ2v) is 4.91. The zero-order valence-electron chi connectivity index (χ0n) is 10.6. The van der Waals surface area contributed by atoms with E-state index in [0.29, 0.717) is 0 Å². The highest BCUT2D eigenvalue weighted by Gasteiger charge is 2.62. The van der Waals surface area contributed by atoms with Crippen molar-refractivity contribution in [2.24, 2.45) is 5.73 Å². The lowest BCUT2D eigenvalue weighted by Gasteiger charge is -2.24. The molecule has 1 rings (SSSR count). The molecule has 0 spiro atoms. The van der Waals surface area contributed by atoms with Crippen molar-refractivity contribution in [2.45, 2.75) is 44.9 Å². The molecule has 1 aliphatic heterocycles. The molecule has 0 amide bonds. The molecule has 0 saturated carbocycles. The van der Waals surface area contributed by atoms with Gasteiger partial charge in [0.1, 0.15) is 11.6 Å². The van der Waals surface area contributed by atoms with E-state index in [-0.39, 0.29) is 13.2 Å². The van der Waals surface area contributed by atoms with Gasteiger partial charge in [-0.25, -0.2) is 4.79 Å². The fraction of sp³-hybridized carbons (Fsp3) is 0.818. The Morgan fingerprint density at radius 2 is 2.00 bits per heavy atom. The Morgan fingerprint density at radius 1 is 1.47 bits per heavy atom. The van der Waals surface area contributed by atoms with Crippen molar-refractivity contribution in [2.75, 3.05) is 13.2 Å². The van der Waals surface area contributed by atoms with Crippen LogP contribution in [-0.2, 0) is 23.8 Å². The number of hydrogen-bond acceptors (Lipinski definition) is 6. The van der Waals surface area contributed by atoms with E-state index in [1.807, 2.05) is 0 Å². The Morgan fingerprint density at radius 3 is 2.35 bits per heavy atom. The maximum atomic E-state index is 11.7. The lowest BCUT2D eigenvalue weighted by Crippen LogP contribution is -2.52. The SMILES string of the molecule is CCOC(=O)[C@]1([C@H](N)C(=O)OC(C)(C)C)CO1. The van der Waals surface area contributed by atoms with E-state index < -0.39 is 29.2 Å². The second kappa shape index (κ2) is 4.62. The van der Waals surface area contributed by atoms with Crippen molar-refractivity contribution >= 4 is 11.9 Å². The number of rotatable bonds is 4. The summed E-state index contributed by atoms with van der Waals surface area (Å²) in [5, 5.41) is 0. The molecular formula is C11H19NO5. The fourth-order valence-electron chi connectivity index (χ4n) is 1.31. The molecule has 1 fully saturated rings. The van der Waals surface area contributed by atoms with E-state index in [0.717, 1.165) is 0 Å². The lowest BCUT2D eigenvalue weighted by molar-refractivity contribution is -0.164. The van der Waals surface area contributed by atoms with Gasteiger partial charge in [0.05, 0.1) is 13.2 Å². The monoisotopic (exact) mass is 245 g/mol. The summed E-state index contributed by atoms with van der Waals surface area (Å²) in [5.74, 6) is -1.28. The average Bonchev–Trinajstić information content (AvgIpc) is 2.95. The minimum atomic E-state index is -1.35. The quantitative estimate of drug-likeness (QED) is 0.553. The van der Waals surface area contributed by atoms with Gasteiger partial charge in [-0.3, -0.25) is 4.79 Å². The van der Waals surface area contributed by atoms with E-state index in [4.69, 9.17) is 19.9 Å². The van der Waals surface area contributed by atoms with Crippen LogP contribution in [0.2, 0.25) is 0 Å². The molecule has 0 aromatic rings. The highest BCUT2D eigenvalue weighted by molar-refractivity contribution is 5.92. The summed E-state index contributed by atoms with van der Waals surface area (Å²) < 4.78 is 14.9. The van der Waals surface area contributed by atoms with Gasteiger partial charge in [0.25, 0.3) is 0 Å². The molecule has 1 heterocycles. The minimum Gasteiger partial charge on any atom is -0.464 e. The lowest BCUT2D eigenvalue weighted by atomic mass is 10.0. The highest BCUT2D eigenvalue weighted by Crippen LogP contribution is 2.32. The third-order valence-corrected chi connectivity index (χ3v) is 2.24. The van der Waals surface area contributed by atoms with Gasteiger partial charge in [0.15, 0.2) is 0 Å². The van der Waals surface area contributed by atoms with Crippen LogP contribution in [0, 0.1) is 0 Å². The summed E-state index contributed by atoms with van der Waals surface area (Å²) in [6.45, 7) is 7.15. The van der Waals surface area contributed by atoms with Gasteiger partial charge in [0, 0.05) is 0 Å². The molecule has 1 aliphatic rings. The smallest absolute Gasteiger partial charge is 0.343 e. The number of epoxide rings is 1.